The van der Waals surface area contributed by atoms with Crippen LogP contribution in [0.3, 0.4) is 0 Å². The number of aromatic amines is 1. The lowest BCUT2D eigenvalue weighted by Crippen LogP contribution is -2.28. The van der Waals surface area contributed by atoms with Gasteiger partial charge in [-0.05, 0) is 37.1 Å². The molecule has 0 amide bonds. The molecule has 0 unspecified atom stereocenters. The Morgan fingerprint density at radius 3 is 2.35 bits per heavy atom. The van der Waals surface area contributed by atoms with E-state index in [1.165, 1.54) is 4.40 Å². The number of imidazole rings is 1. The van der Waals surface area contributed by atoms with Crippen LogP contribution in [0.15, 0.2) is 21.7 Å². The average molecular weight is 268 g/mol. The normalized spacial score (nSPS) is 11.1. The molecule has 6 heteroatoms. The van der Waals surface area contributed by atoms with Gasteiger partial charge in [-0.3, -0.25) is 9.78 Å². The van der Waals surface area contributed by atoms with Crippen molar-refractivity contribution in [2.24, 2.45) is 7.05 Å². The molecule has 0 saturated carbocycles. The summed E-state index contributed by atoms with van der Waals surface area (Å²) in [4.78, 5) is 26.0. The number of H-pyrrole nitrogens is 1. The minimum Gasteiger partial charge on any atom is -0.327 e. The summed E-state index contributed by atoms with van der Waals surface area (Å²) in [5.41, 5.74) is 2.70. The molecule has 0 bridgehead atoms. The number of nitrogens with one attached hydrogen (secondary N) is 1. The van der Waals surface area contributed by atoms with Crippen molar-refractivity contribution in [2.45, 2.75) is 13.8 Å². The fourth-order valence-electron chi connectivity index (χ4n) is 2.51. The molecular weight excluding hydrogens is 256 g/mol. The van der Waals surface area contributed by atoms with Crippen LogP contribution in [0, 0.1) is 25.2 Å². The fourth-order valence-corrected chi connectivity index (χ4v) is 2.51. The second kappa shape index (κ2) is 3.84. The van der Waals surface area contributed by atoms with Crippen LogP contribution in [0.25, 0.3) is 16.7 Å². The summed E-state index contributed by atoms with van der Waals surface area (Å²) < 4.78 is 3.08. The van der Waals surface area contributed by atoms with Crippen molar-refractivity contribution in [3.8, 4) is 6.07 Å². The zero-order chi connectivity index (χ0) is 14.6. The molecule has 1 aromatic carbocycles. The van der Waals surface area contributed by atoms with Gasteiger partial charge in [0.15, 0.2) is 5.56 Å². The third-order valence-corrected chi connectivity index (χ3v) is 3.71. The molecule has 100 valence electrons. The molecule has 0 saturated heterocycles. The van der Waals surface area contributed by atoms with Crippen LogP contribution in [-0.2, 0) is 7.05 Å². The first-order valence-corrected chi connectivity index (χ1v) is 6.10. The third kappa shape index (κ3) is 1.37. The highest BCUT2D eigenvalue weighted by Gasteiger charge is 2.17. The van der Waals surface area contributed by atoms with Gasteiger partial charge in [-0.2, -0.15) is 5.26 Å². The maximum atomic E-state index is 12.1. The Morgan fingerprint density at radius 1 is 1.15 bits per heavy atom. The Labute approximate surface area is 113 Å². The average Bonchev–Trinajstić information content (AvgIpc) is 2.65. The zero-order valence-electron chi connectivity index (χ0n) is 11.3. The Kier molecular flexibility index (Phi) is 2.35. The predicted octanol–water partition coefficient (Wildman–Crippen LogP) is 0.968. The summed E-state index contributed by atoms with van der Waals surface area (Å²) in [7, 11) is 1.74. The van der Waals surface area contributed by atoms with Crippen LogP contribution < -0.4 is 11.2 Å². The second-order valence-electron chi connectivity index (χ2n) is 4.89. The van der Waals surface area contributed by atoms with E-state index in [9.17, 15) is 9.59 Å². The summed E-state index contributed by atoms with van der Waals surface area (Å²) >= 11 is 0. The molecule has 1 N–H and O–H groups in total. The first kappa shape index (κ1) is 12.2. The van der Waals surface area contributed by atoms with Gasteiger partial charge >= 0.3 is 5.69 Å². The molecule has 0 atom stereocenters. The Balaban J connectivity index is 2.78. The number of nitriles is 1. The Morgan fingerprint density at radius 2 is 1.75 bits per heavy atom. The van der Waals surface area contributed by atoms with Crippen LogP contribution in [-0.4, -0.2) is 14.0 Å². The van der Waals surface area contributed by atoms with Gasteiger partial charge in [-0.25, -0.2) is 9.20 Å². The lowest BCUT2D eigenvalue weighted by molar-refractivity contribution is 0.928. The van der Waals surface area contributed by atoms with Crippen LogP contribution >= 0.6 is 0 Å². The van der Waals surface area contributed by atoms with Crippen LogP contribution in [0.4, 0.5) is 0 Å². The summed E-state index contributed by atoms with van der Waals surface area (Å²) in [5.74, 6) is 0. The van der Waals surface area contributed by atoms with Crippen molar-refractivity contribution in [2.75, 3.05) is 0 Å². The molecule has 20 heavy (non-hydrogen) atoms. The van der Waals surface area contributed by atoms with E-state index in [4.69, 9.17) is 5.26 Å². The fraction of sp³-hybridized carbons (Fsp3) is 0.214. The maximum absolute atomic E-state index is 12.1. The van der Waals surface area contributed by atoms with E-state index in [-0.39, 0.29) is 5.56 Å². The molecule has 3 aromatic rings. The summed E-state index contributed by atoms with van der Waals surface area (Å²) in [5, 5.41) is 9.17. The highest BCUT2D eigenvalue weighted by atomic mass is 16.2. The molecule has 2 aromatic heterocycles. The number of rotatable bonds is 0. The van der Waals surface area contributed by atoms with Crippen molar-refractivity contribution in [3.05, 3.63) is 49.7 Å². The minimum atomic E-state index is -0.656. The first-order chi connectivity index (χ1) is 9.45. The highest BCUT2D eigenvalue weighted by molar-refractivity contribution is 5.84. The predicted molar refractivity (Wildman–Crippen MR) is 75.0 cm³/mol. The van der Waals surface area contributed by atoms with E-state index < -0.39 is 11.2 Å². The highest BCUT2D eigenvalue weighted by Crippen LogP contribution is 2.22. The van der Waals surface area contributed by atoms with Crippen molar-refractivity contribution in [3.63, 3.8) is 0 Å². The van der Waals surface area contributed by atoms with Crippen molar-refractivity contribution in [1.29, 1.82) is 5.26 Å². The van der Waals surface area contributed by atoms with Crippen LogP contribution in [0.2, 0.25) is 0 Å². The van der Waals surface area contributed by atoms with Crippen LogP contribution in [0.5, 0.6) is 0 Å². The maximum Gasteiger partial charge on any atom is 0.334 e. The van der Waals surface area contributed by atoms with E-state index >= 15 is 0 Å². The van der Waals surface area contributed by atoms with Gasteiger partial charge in [-0.15, -0.1) is 0 Å². The lowest BCUT2D eigenvalue weighted by Gasteiger charge is -2.00. The van der Waals surface area contributed by atoms with Crippen molar-refractivity contribution >= 4 is 16.7 Å². The minimum absolute atomic E-state index is 0.0568. The van der Waals surface area contributed by atoms with E-state index in [1.807, 2.05) is 32.0 Å². The van der Waals surface area contributed by atoms with Crippen molar-refractivity contribution in [1.82, 2.24) is 14.0 Å². The number of hydrogen-bond acceptors (Lipinski definition) is 3. The smallest absolute Gasteiger partial charge is 0.327 e. The van der Waals surface area contributed by atoms with E-state index in [2.05, 4.69) is 4.98 Å². The zero-order valence-corrected chi connectivity index (χ0v) is 11.3. The standard InChI is InChI=1S/C14H12N4O2/c1-7-4-10-11(5-8(7)2)18-13(17(10)3)9(6-15)12(19)16-14(18)20/h4-5H,1-3H3,(H,16,19,20). The molecule has 0 aliphatic carbocycles. The van der Waals surface area contributed by atoms with Crippen molar-refractivity contribution < 1.29 is 0 Å². The van der Waals surface area contributed by atoms with Gasteiger partial charge in [0.2, 0.25) is 0 Å². The topological polar surface area (TPSA) is 83.1 Å². The molecule has 6 nitrogen and oxygen atoms in total. The summed E-state index contributed by atoms with van der Waals surface area (Å²) in [6.45, 7) is 3.93. The summed E-state index contributed by atoms with van der Waals surface area (Å²) in [6.07, 6.45) is 0. The first-order valence-electron chi connectivity index (χ1n) is 6.10. The molecule has 2 heterocycles. The van der Waals surface area contributed by atoms with E-state index in [0.717, 1.165) is 16.6 Å². The van der Waals surface area contributed by atoms with Gasteiger partial charge in [0.25, 0.3) is 5.56 Å². The van der Waals surface area contributed by atoms with Crippen LogP contribution in [0.1, 0.15) is 16.7 Å². The molecule has 0 spiro atoms. The second-order valence-corrected chi connectivity index (χ2v) is 4.89. The number of nitrogens with zero attached hydrogens (tertiary/aromatic N) is 3. The molecule has 0 fully saturated rings. The largest absolute Gasteiger partial charge is 0.334 e. The molecular formula is C14H12N4O2. The van der Waals surface area contributed by atoms with Gasteiger partial charge in [0.1, 0.15) is 11.7 Å². The molecule has 0 aliphatic rings. The quantitative estimate of drug-likeness (QED) is 0.659. The number of aryl methyl sites for hydroxylation is 3. The van der Waals surface area contributed by atoms with E-state index in [1.54, 1.807) is 11.6 Å². The molecule has 3 rings (SSSR count). The molecule has 0 aliphatic heterocycles. The van der Waals surface area contributed by atoms with Gasteiger partial charge < -0.3 is 4.57 Å². The lowest BCUT2D eigenvalue weighted by atomic mass is 10.1. The van der Waals surface area contributed by atoms with Gasteiger partial charge in [-0.1, -0.05) is 0 Å². The number of hydrogen-bond donors (Lipinski definition) is 1. The molecule has 0 radical (unpaired) electrons. The SMILES string of the molecule is Cc1cc2c(cc1C)n1c(=O)[nH]c(=O)c(C#N)c1n2C. The Hall–Kier alpha value is -2.81. The van der Waals surface area contributed by atoms with Gasteiger partial charge in [0, 0.05) is 7.05 Å². The number of aromatic nitrogens is 3. The third-order valence-electron chi connectivity index (χ3n) is 3.71. The monoisotopic (exact) mass is 268 g/mol. The number of benzene rings is 1. The summed E-state index contributed by atoms with van der Waals surface area (Å²) in [6, 6.07) is 5.71. The number of fused-ring (bicyclic) bond motifs is 3. The van der Waals surface area contributed by atoms with E-state index in [0.29, 0.717) is 11.2 Å². The van der Waals surface area contributed by atoms with Gasteiger partial charge in [0.05, 0.1) is 11.0 Å². The Bertz CT molecular complexity index is 1030.